The van der Waals surface area contributed by atoms with Crippen LogP contribution in [0.4, 0.5) is 5.82 Å². The van der Waals surface area contributed by atoms with Crippen molar-refractivity contribution in [2.75, 3.05) is 5.73 Å². The molecule has 3 N–H and O–H groups in total. The Hall–Kier alpha value is -3.68. The largest absolute Gasteiger partial charge is 0.475 e. The fourth-order valence-corrected chi connectivity index (χ4v) is 2.81. The molecule has 0 aliphatic heterocycles. The van der Waals surface area contributed by atoms with E-state index < -0.39 is 5.97 Å². The van der Waals surface area contributed by atoms with Gasteiger partial charge in [-0.05, 0) is 24.1 Å². The number of benzene rings is 1. The van der Waals surface area contributed by atoms with E-state index in [0.29, 0.717) is 29.3 Å². The molecule has 0 bridgehead atoms. The first-order valence-electron chi connectivity index (χ1n) is 7.97. The molecule has 0 saturated heterocycles. The number of fused-ring (bicyclic) bond motifs is 1. The minimum absolute atomic E-state index is 0.152. The topological polar surface area (TPSA) is 120 Å². The van der Waals surface area contributed by atoms with Gasteiger partial charge in [0.05, 0.1) is 0 Å². The van der Waals surface area contributed by atoms with Gasteiger partial charge in [-0.15, -0.1) is 0 Å². The number of aromatic carboxylic acids is 1. The highest BCUT2D eigenvalue weighted by atomic mass is 16.4. The summed E-state index contributed by atoms with van der Waals surface area (Å²) in [5.41, 5.74) is 8.13. The number of nitrogens with two attached hydrogens (primary N) is 1. The number of carboxylic acid groups (broad SMARTS) is 1. The summed E-state index contributed by atoms with van der Waals surface area (Å²) in [4.78, 5) is 23.9. The number of rotatable bonds is 5. The maximum absolute atomic E-state index is 11.1. The van der Waals surface area contributed by atoms with Gasteiger partial charge in [0.15, 0.2) is 28.6 Å². The molecule has 1 aromatic carbocycles. The van der Waals surface area contributed by atoms with Gasteiger partial charge in [-0.1, -0.05) is 30.3 Å². The third-order valence-corrected chi connectivity index (χ3v) is 4.06. The van der Waals surface area contributed by atoms with Crippen molar-refractivity contribution in [2.45, 2.75) is 13.0 Å². The van der Waals surface area contributed by atoms with Crippen LogP contribution >= 0.6 is 0 Å². The molecule has 0 atom stereocenters. The zero-order valence-electron chi connectivity index (χ0n) is 13.7. The van der Waals surface area contributed by atoms with Crippen LogP contribution in [-0.4, -0.2) is 30.6 Å². The van der Waals surface area contributed by atoms with Crippen LogP contribution in [-0.2, 0) is 13.0 Å². The molecule has 0 radical (unpaired) electrons. The number of hydrogen-bond donors (Lipinski definition) is 2. The van der Waals surface area contributed by atoms with E-state index in [4.69, 9.17) is 15.3 Å². The summed E-state index contributed by atoms with van der Waals surface area (Å²) in [6, 6.07) is 13.0. The Balaban J connectivity index is 1.80. The van der Waals surface area contributed by atoms with E-state index in [1.54, 1.807) is 6.07 Å². The van der Waals surface area contributed by atoms with E-state index in [2.05, 4.69) is 15.0 Å². The standard InChI is InChI=1S/C18H15N5O3/c19-15-14-17(21-10-20-15)23(9-8-11-4-2-1-3-5-11)16(22-14)12-6-7-13(26-12)18(24)25/h1-7,10H,8-9H2,(H,24,25)(H2,19,20,21). The monoisotopic (exact) mass is 349 g/mol. The third-order valence-electron chi connectivity index (χ3n) is 4.06. The van der Waals surface area contributed by atoms with Crippen molar-refractivity contribution in [1.29, 1.82) is 0 Å². The molecule has 26 heavy (non-hydrogen) atoms. The van der Waals surface area contributed by atoms with E-state index in [9.17, 15) is 4.79 Å². The van der Waals surface area contributed by atoms with Crippen molar-refractivity contribution in [2.24, 2.45) is 0 Å². The lowest BCUT2D eigenvalue weighted by Crippen LogP contribution is -2.04. The second-order valence-electron chi connectivity index (χ2n) is 5.72. The van der Waals surface area contributed by atoms with Crippen molar-refractivity contribution >= 4 is 23.0 Å². The first-order chi connectivity index (χ1) is 12.6. The van der Waals surface area contributed by atoms with Crippen LogP contribution in [0.25, 0.3) is 22.7 Å². The summed E-state index contributed by atoms with van der Waals surface area (Å²) in [5, 5.41) is 9.09. The molecule has 0 aliphatic carbocycles. The molecule has 0 spiro atoms. The Labute approximate surface area is 147 Å². The van der Waals surface area contributed by atoms with Crippen LogP contribution in [0.5, 0.6) is 0 Å². The predicted molar refractivity (Wildman–Crippen MR) is 94.5 cm³/mol. The third kappa shape index (κ3) is 2.77. The summed E-state index contributed by atoms with van der Waals surface area (Å²) < 4.78 is 7.29. The molecule has 4 rings (SSSR count). The van der Waals surface area contributed by atoms with Gasteiger partial charge < -0.3 is 19.8 Å². The van der Waals surface area contributed by atoms with Crippen molar-refractivity contribution in [3.63, 3.8) is 0 Å². The van der Waals surface area contributed by atoms with E-state index >= 15 is 0 Å². The van der Waals surface area contributed by atoms with Crippen LogP contribution in [0.3, 0.4) is 0 Å². The molecule has 4 aromatic rings. The molecule has 3 heterocycles. The SMILES string of the molecule is Nc1ncnc2c1nc(-c1ccc(C(=O)O)o1)n2CCc1ccccc1. The molecule has 0 aliphatic rings. The number of carbonyl (C=O) groups is 1. The highest BCUT2D eigenvalue weighted by molar-refractivity contribution is 5.86. The average molecular weight is 349 g/mol. The lowest BCUT2D eigenvalue weighted by molar-refractivity contribution is 0.0663. The van der Waals surface area contributed by atoms with Crippen molar-refractivity contribution in [3.05, 3.63) is 60.1 Å². The number of imidazole rings is 1. The molecule has 0 unspecified atom stereocenters. The number of nitrogen functional groups attached to an aromatic ring is 1. The zero-order valence-corrected chi connectivity index (χ0v) is 13.7. The van der Waals surface area contributed by atoms with Crippen molar-refractivity contribution in [1.82, 2.24) is 19.5 Å². The molecule has 0 fully saturated rings. The van der Waals surface area contributed by atoms with Gasteiger partial charge in [0.1, 0.15) is 6.33 Å². The first-order valence-corrected chi connectivity index (χ1v) is 7.97. The minimum atomic E-state index is -1.14. The molecular formula is C18H15N5O3. The van der Waals surface area contributed by atoms with E-state index in [0.717, 1.165) is 12.0 Å². The lowest BCUT2D eigenvalue weighted by atomic mass is 10.1. The summed E-state index contributed by atoms with van der Waals surface area (Å²) in [6.45, 7) is 0.579. The fourth-order valence-electron chi connectivity index (χ4n) is 2.81. The molecule has 0 amide bonds. The van der Waals surface area contributed by atoms with E-state index in [-0.39, 0.29) is 11.6 Å². The Bertz CT molecular complexity index is 1080. The highest BCUT2D eigenvalue weighted by Crippen LogP contribution is 2.27. The van der Waals surface area contributed by atoms with Crippen LogP contribution < -0.4 is 5.73 Å². The second-order valence-corrected chi connectivity index (χ2v) is 5.72. The lowest BCUT2D eigenvalue weighted by Gasteiger charge is -2.07. The van der Waals surface area contributed by atoms with Crippen LogP contribution in [0.2, 0.25) is 0 Å². The van der Waals surface area contributed by atoms with Gasteiger partial charge >= 0.3 is 5.97 Å². The fraction of sp³-hybridized carbons (Fsp3) is 0.111. The Morgan fingerprint density at radius 3 is 2.69 bits per heavy atom. The van der Waals surface area contributed by atoms with E-state index in [1.807, 2.05) is 34.9 Å². The number of nitrogens with zero attached hydrogens (tertiary/aromatic N) is 4. The smallest absolute Gasteiger partial charge is 0.371 e. The molecule has 3 aromatic heterocycles. The second kappa shape index (κ2) is 6.32. The number of anilines is 1. The number of furan rings is 1. The van der Waals surface area contributed by atoms with Gasteiger partial charge in [0, 0.05) is 6.54 Å². The maximum Gasteiger partial charge on any atom is 0.371 e. The molecule has 8 nitrogen and oxygen atoms in total. The number of aromatic nitrogens is 4. The summed E-state index contributed by atoms with van der Waals surface area (Å²) in [6.07, 6.45) is 2.13. The van der Waals surface area contributed by atoms with Gasteiger partial charge in [-0.2, -0.15) is 0 Å². The Morgan fingerprint density at radius 1 is 1.15 bits per heavy atom. The van der Waals surface area contributed by atoms with Crippen molar-refractivity contribution in [3.8, 4) is 11.6 Å². The molecule has 130 valence electrons. The number of hydrogen-bond acceptors (Lipinski definition) is 6. The minimum Gasteiger partial charge on any atom is -0.475 e. The van der Waals surface area contributed by atoms with Crippen LogP contribution in [0, 0.1) is 0 Å². The van der Waals surface area contributed by atoms with Gasteiger partial charge in [-0.25, -0.2) is 19.7 Å². The number of carboxylic acids is 1. The van der Waals surface area contributed by atoms with Gasteiger partial charge in [0.25, 0.3) is 0 Å². The normalized spacial score (nSPS) is 11.1. The maximum atomic E-state index is 11.1. The van der Waals surface area contributed by atoms with Crippen LogP contribution in [0.1, 0.15) is 16.1 Å². The van der Waals surface area contributed by atoms with Gasteiger partial charge in [-0.3, -0.25) is 0 Å². The molecule has 0 saturated carbocycles. The van der Waals surface area contributed by atoms with Gasteiger partial charge in [0.2, 0.25) is 5.76 Å². The van der Waals surface area contributed by atoms with Crippen LogP contribution in [0.15, 0.2) is 53.2 Å². The molecular weight excluding hydrogens is 334 g/mol. The summed E-state index contributed by atoms with van der Waals surface area (Å²) >= 11 is 0. The zero-order chi connectivity index (χ0) is 18.1. The number of aryl methyl sites for hydroxylation is 2. The first kappa shape index (κ1) is 15.8. The predicted octanol–water partition coefficient (Wildman–Crippen LogP) is 2.61. The quantitative estimate of drug-likeness (QED) is 0.568. The average Bonchev–Trinajstić information content (AvgIpc) is 3.26. The highest BCUT2D eigenvalue weighted by Gasteiger charge is 2.20. The Morgan fingerprint density at radius 2 is 1.96 bits per heavy atom. The Kier molecular flexibility index (Phi) is 3.85. The summed E-state index contributed by atoms with van der Waals surface area (Å²) in [5.74, 6) is -0.216. The summed E-state index contributed by atoms with van der Waals surface area (Å²) in [7, 11) is 0. The van der Waals surface area contributed by atoms with E-state index in [1.165, 1.54) is 12.4 Å². The molecule has 8 heteroatoms. The van der Waals surface area contributed by atoms with Crippen molar-refractivity contribution < 1.29 is 14.3 Å².